The molecule has 94 valence electrons. The molecule has 2 aromatic rings. The van der Waals surface area contributed by atoms with Crippen LogP contribution in [0, 0.1) is 0 Å². The normalized spacial score (nSPS) is 14.2. The number of pyridine rings is 1. The van der Waals surface area contributed by atoms with Crippen LogP contribution in [-0.2, 0) is 0 Å². The number of rotatable bonds is 4. The molecule has 2 nitrogen and oxygen atoms in total. The summed E-state index contributed by atoms with van der Waals surface area (Å²) in [5.41, 5.74) is 2.35. The van der Waals surface area contributed by atoms with Crippen LogP contribution in [0.25, 0.3) is 0 Å². The van der Waals surface area contributed by atoms with E-state index in [1.54, 1.807) is 0 Å². The summed E-state index contributed by atoms with van der Waals surface area (Å²) in [5.74, 6) is 0. The zero-order chi connectivity index (χ0) is 13.0. The van der Waals surface area contributed by atoms with Gasteiger partial charge in [-0.05, 0) is 43.2 Å². The van der Waals surface area contributed by atoms with Crippen LogP contribution in [0.3, 0.4) is 0 Å². The van der Waals surface area contributed by atoms with Crippen LogP contribution in [-0.4, -0.2) is 4.98 Å². The molecule has 0 amide bonds. The molecule has 0 spiro atoms. The molecule has 0 aliphatic rings. The predicted molar refractivity (Wildman–Crippen MR) is 75.7 cm³/mol. The number of halogens is 1. The van der Waals surface area contributed by atoms with Gasteiger partial charge in [-0.25, -0.2) is 0 Å². The summed E-state index contributed by atoms with van der Waals surface area (Å²) < 4.78 is 0. The summed E-state index contributed by atoms with van der Waals surface area (Å²) in [5, 5.41) is 4.35. The fourth-order valence-electron chi connectivity index (χ4n) is 2.04. The van der Waals surface area contributed by atoms with E-state index in [4.69, 9.17) is 11.6 Å². The van der Waals surface area contributed by atoms with Crippen molar-refractivity contribution in [1.29, 1.82) is 0 Å². The number of hydrogen-bond acceptors (Lipinski definition) is 2. The lowest BCUT2D eigenvalue weighted by molar-refractivity contribution is 0.494. The van der Waals surface area contributed by atoms with Crippen molar-refractivity contribution < 1.29 is 0 Å². The summed E-state index contributed by atoms with van der Waals surface area (Å²) in [7, 11) is 0. The maximum Gasteiger partial charge on any atom is 0.0453 e. The van der Waals surface area contributed by atoms with E-state index in [2.05, 4.69) is 30.2 Å². The van der Waals surface area contributed by atoms with Crippen LogP contribution >= 0.6 is 11.6 Å². The molecule has 2 atom stereocenters. The standard InChI is InChI=1S/C15H17ClN2/c1-11(13-7-9-17-10-8-13)18-12(2)14-5-3-4-6-15(14)16/h3-12,18H,1-2H3/t11?,12-/m1/s1. The van der Waals surface area contributed by atoms with Crippen molar-refractivity contribution >= 4 is 11.6 Å². The Balaban J connectivity index is 2.08. The molecule has 0 aliphatic carbocycles. The Hall–Kier alpha value is -1.38. The van der Waals surface area contributed by atoms with Gasteiger partial charge in [0.1, 0.15) is 0 Å². The molecule has 1 aromatic carbocycles. The second-order valence-corrected chi connectivity index (χ2v) is 4.82. The molecule has 0 saturated heterocycles. The van der Waals surface area contributed by atoms with Crippen LogP contribution in [0.15, 0.2) is 48.8 Å². The van der Waals surface area contributed by atoms with Gasteiger partial charge in [-0.3, -0.25) is 4.98 Å². The van der Waals surface area contributed by atoms with Gasteiger partial charge in [0.05, 0.1) is 0 Å². The maximum absolute atomic E-state index is 6.20. The molecule has 0 aliphatic heterocycles. The van der Waals surface area contributed by atoms with Crippen molar-refractivity contribution in [3.8, 4) is 0 Å². The Morgan fingerprint density at radius 1 is 1.00 bits per heavy atom. The second kappa shape index (κ2) is 5.98. The average molecular weight is 261 g/mol. The monoisotopic (exact) mass is 260 g/mol. The highest BCUT2D eigenvalue weighted by atomic mass is 35.5. The van der Waals surface area contributed by atoms with E-state index in [0.29, 0.717) is 0 Å². The van der Waals surface area contributed by atoms with Gasteiger partial charge >= 0.3 is 0 Å². The first-order valence-corrected chi connectivity index (χ1v) is 6.46. The average Bonchev–Trinajstić information content (AvgIpc) is 2.40. The van der Waals surface area contributed by atoms with Crippen LogP contribution in [0.5, 0.6) is 0 Å². The molecule has 1 heterocycles. The summed E-state index contributed by atoms with van der Waals surface area (Å²) in [6.07, 6.45) is 3.63. The lowest BCUT2D eigenvalue weighted by Crippen LogP contribution is -2.22. The van der Waals surface area contributed by atoms with Crippen molar-refractivity contribution in [2.45, 2.75) is 25.9 Å². The van der Waals surface area contributed by atoms with Gasteiger partial charge in [-0.2, -0.15) is 0 Å². The highest BCUT2D eigenvalue weighted by Gasteiger charge is 2.12. The molecule has 1 N–H and O–H groups in total. The first-order chi connectivity index (χ1) is 8.68. The molecule has 1 aromatic heterocycles. The van der Waals surface area contributed by atoms with Crippen molar-refractivity contribution in [1.82, 2.24) is 10.3 Å². The van der Waals surface area contributed by atoms with E-state index < -0.39 is 0 Å². The van der Waals surface area contributed by atoms with Crippen LogP contribution < -0.4 is 5.32 Å². The Kier molecular flexibility index (Phi) is 4.34. The highest BCUT2D eigenvalue weighted by Crippen LogP contribution is 2.24. The van der Waals surface area contributed by atoms with Crippen molar-refractivity contribution in [2.75, 3.05) is 0 Å². The van der Waals surface area contributed by atoms with Gasteiger partial charge in [0.2, 0.25) is 0 Å². The SMILES string of the molecule is CC(N[C@H](C)c1ccccc1Cl)c1ccncc1. The minimum atomic E-state index is 0.210. The Bertz CT molecular complexity index is 499. The van der Waals surface area contributed by atoms with E-state index >= 15 is 0 Å². The molecule has 0 saturated carbocycles. The predicted octanol–water partition coefficient (Wildman–Crippen LogP) is 4.15. The second-order valence-electron chi connectivity index (χ2n) is 4.41. The largest absolute Gasteiger partial charge is 0.304 e. The summed E-state index contributed by atoms with van der Waals surface area (Å²) >= 11 is 6.20. The summed E-state index contributed by atoms with van der Waals surface area (Å²) in [6, 6.07) is 12.5. The van der Waals surface area contributed by atoms with Gasteiger partial charge < -0.3 is 5.32 Å². The molecule has 0 bridgehead atoms. The number of aromatic nitrogens is 1. The smallest absolute Gasteiger partial charge is 0.0453 e. The lowest BCUT2D eigenvalue weighted by Gasteiger charge is -2.21. The van der Waals surface area contributed by atoms with Gasteiger partial charge in [0.15, 0.2) is 0 Å². The quantitative estimate of drug-likeness (QED) is 0.893. The van der Waals surface area contributed by atoms with Crippen LogP contribution in [0.4, 0.5) is 0 Å². The zero-order valence-electron chi connectivity index (χ0n) is 10.6. The van der Waals surface area contributed by atoms with Crippen molar-refractivity contribution in [3.05, 3.63) is 64.9 Å². The zero-order valence-corrected chi connectivity index (χ0v) is 11.4. The Morgan fingerprint density at radius 3 is 2.33 bits per heavy atom. The number of hydrogen-bond donors (Lipinski definition) is 1. The fourth-order valence-corrected chi connectivity index (χ4v) is 2.34. The third-order valence-corrected chi connectivity index (χ3v) is 3.42. The lowest BCUT2D eigenvalue weighted by atomic mass is 10.1. The van der Waals surface area contributed by atoms with E-state index in [9.17, 15) is 0 Å². The van der Waals surface area contributed by atoms with E-state index in [1.165, 1.54) is 5.56 Å². The molecule has 0 fully saturated rings. The molecule has 18 heavy (non-hydrogen) atoms. The van der Waals surface area contributed by atoms with E-state index in [0.717, 1.165) is 10.6 Å². The first kappa shape index (κ1) is 13.1. The van der Waals surface area contributed by atoms with Crippen LogP contribution in [0.2, 0.25) is 5.02 Å². The molecule has 3 heteroatoms. The molecule has 2 rings (SSSR count). The van der Waals surface area contributed by atoms with Gasteiger partial charge in [-0.15, -0.1) is 0 Å². The Labute approximate surface area is 113 Å². The van der Waals surface area contributed by atoms with Gasteiger partial charge in [-0.1, -0.05) is 29.8 Å². The van der Waals surface area contributed by atoms with Gasteiger partial charge in [0.25, 0.3) is 0 Å². The molecular formula is C15H17ClN2. The number of nitrogens with one attached hydrogen (secondary N) is 1. The number of benzene rings is 1. The third-order valence-electron chi connectivity index (χ3n) is 3.08. The maximum atomic E-state index is 6.20. The minimum absolute atomic E-state index is 0.210. The molecule has 0 radical (unpaired) electrons. The van der Waals surface area contributed by atoms with Gasteiger partial charge in [0, 0.05) is 29.5 Å². The molecular weight excluding hydrogens is 244 g/mol. The van der Waals surface area contributed by atoms with E-state index in [-0.39, 0.29) is 12.1 Å². The van der Waals surface area contributed by atoms with E-state index in [1.807, 2.05) is 42.7 Å². The first-order valence-electron chi connectivity index (χ1n) is 6.09. The summed E-state index contributed by atoms with van der Waals surface area (Å²) in [6.45, 7) is 4.27. The Morgan fingerprint density at radius 2 is 1.67 bits per heavy atom. The molecule has 1 unspecified atom stereocenters. The summed E-state index contributed by atoms with van der Waals surface area (Å²) in [4.78, 5) is 4.03. The van der Waals surface area contributed by atoms with Crippen LogP contribution in [0.1, 0.15) is 37.1 Å². The van der Waals surface area contributed by atoms with Crippen molar-refractivity contribution in [2.24, 2.45) is 0 Å². The minimum Gasteiger partial charge on any atom is -0.304 e. The highest BCUT2D eigenvalue weighted by molar-refractivity contribution is 6.31. The van der Waals surface area contributed by atoms with Crippen molar-refractivity contribution in [3.63, 3.8) is 0 Å². The fraction of sp³-hybridized carbons (Fsp3) is 0.267. The third kappa shape index (κ3) is 3.09. The topological polar surface area (TPSA) is 24.9 Å². The number of nitrogens with zero attached hydrogens (tertiary/aromatic N) is 1.